The van der Waals surface area contributed by atoms with Gasteiger partial charge >= 0.3 is 0 Å². The molecule has 1 rings (SSSR count). The molecule has 0 aromatic heterocycles. The summed E-state index contributed by atoms with van der Waals surface area (Å²) >= 11 is 5.33. The van der Waals surface area contributed by atoms with E-state index in [9.17, 15) is 0 Å². The first-order chi connectivity index (χ1) is 8.27. The largest absolute Gasteiger partial charge is 0.271 e. The minimum atomic E-state index is 0.306. The molecule has 0 fully saturated rings. The van der Waals surface area contributed by atoms with Crippen LogP contribution in [0.5, 0.6) is 0 Å². The predicted molar refractivity (Wildman–Crippen MR) is 78.7 cm³/mol. The van der Waals surface area contributed by atoms with Gasteiger partial charge in [-0.05, 0) is 40.9 Å². The highest BCUT2D eigenvalue weighted by atomic mass is 79.9. The summed E-state index contributed by atoms with van der Waals surface area (Å²) in [6.07, 6.45) is 8.07. The summed E-state index contributed by atoms with van der Waals surface area (Å²) in [6.45, 7) is 0. The Labute approximate surface area is 116 Å². The number of nitrogens with two attached hydrogens (primary N) is 1. The molecule has 3 N–H and O–H groups in total. The minimum absolute atomic E-state index is 0.306. The molecule has 0 bridgehead atoms. The fourth-order valence-electron chi connectivity index (χ4n) is 1.42. The third kappa shape index (κ3) is 5.60. The van der Waals surface area contributed by atoms with Crippen LogP contribution in [0, 0.1) is 12.3 Å². The molecule has 4 heteroatoms. The summed E-state index contributed by atoms with van der Waals surface area (Å²) in [5.41, 5.74) is 2.85. The van der Waals surface area contributed by atoms with Gasteiger partial charge in [-0.2, -0.15) is 0 Å². The van der Waals surface area contributed by atoms with Crippen molar-refractivity contribution in [2.75, 3.05) is 5.75 Å². The van der Waals surface area contributed by atoms with Crippen molar-refractivity contribution in [1.29, 1.82) is 0 Å². The van der Waals surface area contributed by atoms with Gasteiger partial charge < -0.3 is 0 Å². The molecule has 0 aliphatic heterocycles. The van der Waals surface area contributed by atoms with Crippen molar-refractivity contribution in [3.63, 3.8) is 0 Å². The summed E-state index contributed by atoms with van der Waals surface area (Å²) in [4.78, 5) is 1.24. The number of halogens is 1. The number of thioether (sulfide) groups is 1. The van der Waals surface area contributed by atoms with Gasteiger partial charge in [-0.3, -0.25) is 11.3 Å². The first-order valence-electron chi connectivity index (χ1n) is 5.55. The second-order valence-corrected chi connectivity index (χ2v) is 5.62. The van der Waals surface area contributed by atoms with E-state index in [4.69, 9.17) is 12.3 Å². The molecule has 0 heterocycles. The van der Waals surface area contributed by atoms with Crippen LogP contribution in [0.15, 0.2) is 33.6 Å². The number of hydrazine groups is 1. The number of rotatable bonds is 7. The molecule has 0 aliphatic rings. The smallest absolute Gasteiger partial charge is 0.0311 e. The number of benzene rings is 1. The molecule has 2 nitrogen and oxygen atoms in total. The zero-order valence-electron chi connectivity index (χ0n) is 9.66. The Morgan fingerprint density at radius 1 is 1.47 bits per heavy atom. The topological polar surface area (TPSA) is 38.0 Å². The van der Waals surface area contributed by atoms with Crippen molar-refractivity contribution in [1.82, 2.24) is 5.43 Å². The Morgan fingerprint density at radius 3 is 2.88 bits per heavy atom. The number of nitrogens with one attached hydrogen (secondary N) is 1. The molecule has 17 heavy (non-hydrogen) atoms. The third-order valence-corrected chi connectivity index (χ3v) is 4.58. The third-order valence-electron chi connectivity index (χ3n) is 2.39. The monoisotopic (exact) mass is 312 g/mol. The molecular formula is C13H17BrN2S. The fraction of sp³-hybridized carbons (Fsp3) is 0.385. The van der Waals surface area contributed by atoms with E-state index in [1.807, 2.05) is 18.2 Å². The number of hydrogen-bond acceptors (Lipinski definition) is 3. The standard InChI is InChI=1S/C13H17BrN2S/c1-2-3-4-7-11(16-15)10-17-13-9-6-5-8-12(13)14/h1,5-6,8-9,11,16H,3-4,7,10,15H2. The Kier molecular flexibility index (Phi) is 7.38. The van der Waals surface area contributed by atoms with E-state index in [1.54, 1.807) is 11.8 Å². The molecule has 1 unspecified atom stereocenters. The summed E-state index contributed by atoms with van der Waals surface area (Å²) in [5, 5.41) is 0. The Hall–Kier alpha value is -0.470. The van der Waals surface area contributed by atoms with Gasteiger partial charge in [-0.1, -0.05) is 12.1 Å². The lowest BCUT2D eigenvalue weighted by molar-refractivity contribution is 0.524. The predicted octanol–water partition coefficient (Wildman–Crippen LogP) is 3.18. The molecule has 0 saturated carbocycles. The zero-order chi connectivity index (χ0) is 12.5. The molecule has 92 valence electrons. The van der Waals surface area contributed by atoms with Crippen LogP contribution in [-0.4, -0.2) is 11.8 Å². The lowest BCUT2D eigenvalue weighted by Crippen LogP contribution is -2.36. The maximum absolute atomic E-state index is 5.53. The van der Waals surface area contributed by atoms with E-state index < -0.39 is 0 Å². The molecular weight excluding hydrogens is 296 g/mol. The first kappa shape index (κ1) is 14.6. The van der Waals surface area contributed by atoms with Gasteiger partial charge in [0.2, 0.25) is 0 Å². The SMILES string of the molecule is C#CCCCC(CSc1ccccc1Br)NN. The molecule has 0 amide bonds. The number of terminal acetylenes is 1. The highest BCUT2D eigenvalue weighted by Gasteiger charge is 2.08. The normalized spacial score (nSPS) is 12.1. The minimum Gasteiger partial charge on any atom is -0.271 e. The molecule has 0 aliphatic carbocycles. The van der Waals surface area contributed by atoms with Gasteiger partial charge in [0, 0.05) is 27.6 Å². The van der Waals surface area contributed by atoms with Crippen LogP contribution in [0.2, 0.25) is 0 Å². The Morgan fingerprint density at radius 2 is 2.24 bits per heavy atom. The van der Waals surface area contributed by atoms with Gasteiger partial charge in [0.1, 0.15) is 0 Å². The average molecular weight is 313 g/mol. The van der Waals surface area contributed by atoms with Crippen LogP contribution in [0.25, 0.3) is 0 Å². The molecule has 1 aromatic rings. The van der Waals surface area contributed by atoms with Gasteiger partial charge in [-0.25, -0.2) is 0 Å². The van der Waals surface area contributed by atoms with Crippen molar-refractivity contribution in [3.05, 3.63) is 28.7 Å². The van der Waals surface area contributed by atoms with Gasteiger partial charge in [0.15, 0.2) is 0 Å². The van der Waals surface area contributed by atoms with Gasteiger partial charge in [0.25, 0.3) is 0 Å². The van der Waals surface area contributed by atoms with Crippen molar-refractivity contribution in [2.45, 2.75) is 30.2 Å². The second-order valence-electron chi connectivity index (χ2n) is 3.70. The van der Waals surface area contributed by atoms with Crippen LogP contribution in [-0.2, 0) is 0 Å². The van der Waals surface area contributed by atoms with Crippen LogP contribution in [0.1, 0.15) is 19.3 Å². The van der Waals surface area contributed by atoms with Crippen molar-refractivity contribution >= 4 is 27.7 Å². The van der Waals surface area contributed by atoms with Crippen molar-refractivity contribution in [2.24, 2.45) is 5.84 Å². The van der Waals surface area contributed by atoms with E-state index in [0.717, 1.165) is 29.5 Å². The van der Waals surface area contributed by atoms with E-state index in [-0.39, 0.29) is 0 Å². The summed E-state index contributed by atoms with van der Waals surface area (Å²) in [7, 11) is 0. The second kappa shape index (κ2) is 8.60. The number of hydrogen-bond donors (Lipinski definition) is 2. The highest BCUT2D eigenvalue weighted by molar-refractivity contribution is 9.10. The quantitative estimate of drug-likeness (QED) is 0.267. The van der Waals surface area contributed by atoms with Crippen molar-refractivity contribution < 1.29 is 0 Å². The van der Waals surface area contributed by atoms with Gasteiger partial charge in [-0.15, -0.1) is 24.1 Å². The van der Waals surface area contributed by atoms with E-state index in [1.165, 1.54) is 4.90 Å². The lowest BCUT2D eigenvalue weighted by atomic mass is 10.1. The molecule has 0 radical (unpaired) electrons. The van der Waals surface area contributed by atoms with Crippen LogP contribution in [0.4, 0.5) is 0 Å². The van der Waals surface area contributed by atoms with Crippen LogP contribution >= 0.6 is 27.7 Å². The fourth-order valence-corrected chi connectivity index (χ4v) is 3.07. The van der Waals surface area contributed by atoms with Crippen molar-refractivity contribution in [3.8, 4) is 12.3 Å². The van der Waals surface area contributed by atoms with E-state index in [0.29, 0.717) is 6.04 Å². The zero-order valence-corrected chi connectivity index (χ0v) is 12.1. The summed E-state index contributed by atoms with van der Waals surface area (Å²) in [5.74, 6) is 9.13. The lowest BCUT2D eigenvalue weighted by Gasteiger charge is -2.15. The Bertz CT molecular complexity index is 376. The molecule has 1 atom stereocenters. The summed E-state index contributed by atoms with van der Waals surface area (Å²) in [6, 6.07) is 8.51. The van der Waals surface area contributed by atoms with E-state index >= 15 is 0 Å². The molecule has 0 spiro atoms. The first-order valence-corrected chi connectivity index (χ1v) is 7.32. The highest BCUT2D eigenvalue weighted by Crippen LogP contribution is 2.27. The van der Waals surface area contributed by atoms with Gasteiger partial charge in [0.05, 0.1) is 0 Å². The number of unbranched alkanes of at least 4 members (excludes halogenated alkanes) is 1. The Balaban J connectivity index is 2.37. The summed E-state index contributed by atoms with van der Waals surface area (Å²) < 4.78 is 1.13. The molecule has 1 aromatic carbocycles. The maximum Gasteiger partial charge on any atom is 0.0311 e. The average Bonchev–Trinajstić information content (AvgIpc) is 2.35. The van der Waals surface area contributed by atoms with Crippen LogP contribution in [0.3, 0.4) is 0 Å². The van der Waals surface area contributed by atoms with Crippen LogP contribution < -0.4 is 11.3 Å². The maximum atomic E-state index is 5.53. The molecule has 0 saturated heterocycles. The van der Waals surface area contributed by atoms with E-state index in [2.05, 4.69) is 33.3 Å².